The number of fused-ring (bicyclic) bond motifs is 1. The highest BCUT2D eigenvalue weighted by molar-refractivity contribution is 5.95. The van der Waals surface area contributed by atoms with Gasteiger partial charge in [-0.2, -0.15) is 10.2 Å². The van der Waals surface area contributed by atoms with E-state index in [2.05, 4.69) is 50.7 Å². The Labute approximate surface area is 186 Å². The summed E-state index contributed by atoms with van der Waals surface area (Å²) in [6.07, 6.45) is 6.98. The van der Waals surface area contributed by atoms with E-state index in [1.165, 1.54) is 24.5 Å². The van der Waals surface area contributed by atoms with Gasteiger partial charge in [0.25, 0.3) is 0 Å². The molecule has 1 aliphatic rings. The van der Waals surface area contributed by atoms with Gasteiger partial charge in [0.15, 0.2) is 0 Å². The maximum atomic E-state index is 14.7. The Morgan fingerprint density at radius 1 is 1.25 bits per heavy atom. The number of aryl methyl sites for hydroxylation is 1. The van der Waals surface area contributed by atoms with E-state index < -0.39 is 0 Å². The second-order valence-corrected chi connectivity index (χ2v) is 8.55. The van der Waals surface area contributed by atoms with Gasteiger partial charge >= 0.3 is 0 Å². The van der Waals surface area contributed by atoms with E-state index in [-0.39, 0.29) is 5.82 Å². The second-order valence-electron chi connectivity index (χ2n) is 8.55. The average Bonchev–Trinajstić information content (AvgIpc) is 3.40. The molecule has 0 saturated carbocycles. The summed E-state index contributed by atoms with van der Waals surface area (Å²) < 4.78 is 16.3. The lowest BCUT2D eigenvalue weighted by Gasteiger charge is -2.22. The molecule has 0 spiro atoms. The number of nitrogens with one attached hydrogen (secondary N) is 3. The number of halogens is 1. The van der Waals surface area contributed by atoms with E-state index in [1.54, 1.807) is 23.1 Å². The molecule has 3 heterocycles. The summed E-state index contributed by atoms with van der Waals surface area (Å²) in [5, 5.41) is 19.1. The summed E-state index contributed by atoms with van der Waals surface area (Å²) in [4.78, 5) is 0. The zero-order chi connectivity index (χ0) is 22.1. The highest BCUT2D eigenvalue weighted by Crippen LogP contribution is 2.31. The van der Waals surface area contributed by atoms with Gasteiger partial charge in [0.05, 0.1) is 17.4 Å². The molecule has 0 bridgehead atoms. The van der Waals surface area contributed by atoms with Crippen LogP contribution in [-0.2, 0) is 13.5 Å². The van der Waals surface area contributed by atoms with Crippen molar-refractivity contribution in [2.24, 2.45) is 13.0 Å². The number of piperidine rings is 1. The number of nitrogens with zero attached hydrogens (tertiary/aromatic N) is 3. The Kier molecular flexibility index (Phi) is 5.49. The standard InChI is InChI=1S/C25H27FN6/c1-16(29-20-5-3-4-18(11-20)10-17-6-8-27-9-7-17)25-22-12-21(19-14-28-32(2)15-19)23(26)13-24(22)30-31-25/h3-5,11-15,17,27,29H,1,6-10H2,2H3,(H,30,31). The number of H-pyrrole nitrogens is 1. The zero-order valence-corrected chi connectivity index (χ0v) is 18.2. The Hall–Kier alpha value is -3.45. The van der Waals surface area contributed by atoms with E-state index in [9.17, 15) is 4.39 Å². The van der Waals surface area contributed by atoms with Crippen LogP contribution in [0, 0.1) is 11.7 Å². The number of aromatic amines is 1. The first-order valence-corrected chi connectivity index (χ1v) is 11.0. The summed E-state index contributed by atoms with van der Waals surface area (Å²) in [6.45, 7) is 6.41. The summed E-state index contributed by atoms with van der Waals surface area (Å²) in [5.41, 5.74) is 5.49. The van der Waals surface area contributed by atoms with Crippen molar-refractivity contribution in [1.82, 2.24) is 25.3 Å². The molecule has 0 unspecified atom stereocenters. The molecule has 32 heavy (non-hydrogen) atoms. The molecule has 1 aliphatic heterocycles. The number of benzene rings is 2. The highest BCUT2D eigenvalue weighted by Gasteiger charge is 2.16. The monoisotopic (exact) mass is 430 g/mol. The van der Waals surface area contributed by atoms with Gasteiger partial charge in [-0.3, -0.25) is 9.78 Å². The van der Waals surface area contributed by atoms with Crippen LogP contribution in [0.5, 0.6) is 0 Å². The first-order valence-electron chi connectivity index (χ1n) is 11.0. The van der Waals surface area contributed by atoms with Gasteiger partial charge in [-0.15, -0.1) is 0 Å². The quantitative estimate of drug-likeness (QED) is 0.414. The molecular formula is C25H27FN6. The molecular weight excluding hydrogens is 403 g/mol. The van der Waals surface area contributed by atoms with Crippen LogP contribution >= 0.6 is 0 Å². The molecule has 0 aliphatic carbocycles. The van der Waals surface area contributed by atoms with E-state index in [1.807, 2.05) is 13.1 Å². The van der Waals surface area contributed by atoms with Crippen molar-refractivity contribution >= 4 is 22.3 Å². The van der Waals surface area contributed by atoms with Gasteiger partial charge in [-0.1, -0.05) is 18.7 Å². The number of rotatable bonds is 6. The normalized spacial score (nSPS) is 14.7. The molecule has 1 fully saturated rings. The van der Waals surface area contributed by atoms with E-state index in [0.29, 0.717) is 22.5 Å². The lowest BCUT2D eigenvalue weighted by molar-refractivity contribution is 0.373. The van der Waals surface area contributed by atoms with Gasteiger partial charge in [-0.05, 0) is 62.0 Å². The summed E-state index contributed by atoms with van der Waals surface area (Å²) in [7, 11) is 1.81. The van der Waals surface area contributed by atoms with Crippen LogP contribution in [0.25, 0.3) is 27.7 Å². The molecule has 0 amide bonds. The van der Waals surface area contributed by atoms with Crippen molar-refractivity contribution in [3.8, 4) is 11.1 Å². The van der Waals surface area contributed by atoms with E-state index in [4.69, 9.17) is 0 Å². The minimum Gasteiger partial charge on any atom is -0.354 e. The van der Waals surface area contributed by atoms with Crippen LogP contribution in [0.2, 0.25) is 0 Å². The van der Waals surface area contributed by atoms with Crippen LogP contribution in [-0.4, -0.2) is 33.1 Å². The van der Waals surface area contributed by atoms with Crippen LogP contribution in [0.15, 0.2) is 55.4 Å². The van der Waals surface area contributed by atoms with Crippen molar-refractivity contribution in [2.45, 2.75) is 19.3 Å². The molecule has 7 heteroatoms. The minimum absolute atomic E-state index is 0.315. The summed E-state index contributed by atoms with van der Waals surface area (Å²) >= 11 is 0. The zero-order valence-electron chi connectivity index (χ0n) is 18.2. The molecule has 4 aromatic rings. The largest absolute Gasteiger partial charge is 0.354 e. The van der Waals surface area contributed by atoms with Crippen LogP contribution in [0.3, 0.4) is 0 Å². The third-order valence-corrected chi connectivity index (χ3v) is 6.16. The molecule has 5 rings (SSSR count). The SMILES string of the molecule is C=C(Nc1cccc(CC2CCNCC2)c1)c1n[nH]c2cc(F)c(-c3cnn(C)c3)cc12. The molecule has 0 radical (unpaired) electrons. The molecule has 2 aromatic carbocycles. The number of hydrogen-bond donors (Lipinski definition) is 3. The summed E-state index contributed by atoms with van der Waals surface area (Å²) in [5.74, 6) is 0.413. The Balaban J connectivity index is 1.38. The lowest BCUT2D eigenvalue weighted by Crippen LogP contribution is -2.28. The number of aromatic nitrogens is 4. The van der Waals surface area contributed by atoms with E-state index in [0.717, 1.165) is 42.1 Å². The number of hydrogen-bond acceptors (Lipinski definition) is 4. The predicted molar refractivity (Wildman–Crippen MR) is 127 cm³/mol. The topological polar surface area (TPSA) is 70.6 Å². The van der Waals surface area contributed by atoms with Gasteiger partial charge in [0.1, 0.15) is 11.5 Å². The van der Waals surface area contributed by atoms with Crippen LogP contribution in [0.1, 0.15) is 24.1 Å². The molecule has 164 valence electrons. The first-order chi connectivity index (χ1) is 15.6. The van der Waals surface area contributed by atoms with Crippen molar-refractivity contribution in [2.75, 3.05) is 18.4 Å². The van der Waals surface area contributed by atoms with Crippen molar-refractivity contribution in [3.05, 3.63) is 72.4 Å². The first kappa shape index (κ1) is 20.5. The van der Waals surface area contributed by atoms with Gasteiger partial charge < -0.3 is 10.6 Å². The maximum Gasteiger partial charge on any atom is 0.133 e. The Bertz CT molecular complexity index is 1260. The fraction of sp³-hybridized carbons (Fsp3) is 0.280. The van der Waals surface area contributed by atoms with Gasteiger partial charge in [0, 0.05) is 41.5 Å². The van der Waals surface area contributed by atoms with Gasteiger partial charge in [0.2, 0.25) is 0 Å². The predicted octanol–water partition coefficient (Wildman–Crippen LogP) is 4.73. The number of anilines is 1. The van der Waals surface area contributed by atoms with Crippen molar-refractivity contribution in [3.63, 3.8) is 0 Å². The summed E-state index contributed by atoms with van der Waals surface area (Å²) in [6, 6.07) is 11.8. The van der Waals surface area contributed by atoms with Crippen molar-refractivity contribution in [1.29, 1.82) is 0 Å². The second kappa shape index (κ2) is 8.59. The third kappa shape index (κ3) is 4.16. The Morgan fingerprint density at radius 3 is 2.88 bits per heavy atom. The molecule has 6 nitrogen and oxygen atoms in total. The molecule has 1 saturated heterocycles. The molecule has 0 atom stereocenters. The minimum atomic E-state index is -0.315. The average molecular weight is 431 g/mol. The van der Waals surface area contributed by atoms with Crippen LogP contribution in [0.4, 0.5) is 10.1 Å². The smallest absolute Gasteiger partial charge is 0.133 e. The van der Waals surface area contributed by atoms with E-state index >= 15 is 0 Å². The van der Waals surface area contributed by atoms with Crippen LogP contribution < -0.4 is 10.6 Å². The molecule has 2 aromatic heterocycles. The van der Waals surface area contributed by atoms with Gasteiger partial charge in [-0.25, -0.2) is 4.39 Å². The maximum absolute atomic E-state index is 14.7. The highest BCUT2D eigenvalue weighted by atomic mass is 19.1. The van der Waals surface area contributed by atoms with Crippen molar-refractivity contribution < 1.29 is 4.39 Å². The fourth-order valence-corrected chi connectivity index (χ4v) is 4.48. The molecule has 3 N–H and O–H groups in total. The fourth-order valence-electron chi connectivity index (χ4n) is 4.48. The Morgan fingerprint density at radius 2 is 2.09 bits per heavy atom. The third-order valence-electron chi connectivity index (χ3n) is 6.16. The lowest BCUT2D eigenvalue weighted by atomic mass is 9.91.